The molecule has 0 unspecified atom stereocenters. The second kappa shape index (κ2) is 6.96. The molecule has 3 N–H and O–H groups in total. The van der Waals surface area contributed by atoms with Crippen LogP contribution in [0.15, 0.2) is 18.2 Å². The number of rotatable bonds is 5. The average Bonchev–Trinajstić information content (AvgIpc) is 2.31. The third-order valence-corrected chi connectivity index (χ3v) is 2.85. The first-order valence-corrected chi connectivity index (χ1v) is 6.30. The summed E-state index contributed by atoms with van der Waals surface area (Å²) in [5.41, 5.74) is 3.32. The standard InChI is InChI=1S/C13H18N2O2S/c1-3-10-6-4-5-9(2)12(10)15-13(18)14-8-7-11(16)17/h4-6H,3,7-8H2,1-2H3,(H,16,17)(H2,14,15,18). The molecule has 1 rings (SSSR count). The first-order chi connectivity index (χ1) is 8.54. The fourth-order valence-corrected chi connectivity index (χ4v) is 1.85. The molecule has 0 aliphatic carbocycles. The normalized spacial score (nSPS) is 9.89. The summed E-state index contributed by atoms with van der Waals surface area (Å²) in [5.74, 6) is -0.838. The number of aliphatic carboxylic acids is 1. The largest absolute Gasteiger partial charge is 0.481 e. The minimum atomic E-state index is -0.838. The second-order valence-electron chi connectivity index (χ2n) is 3.99. The predicted octanol–water partition coefficient (Wildman–Crippen LogP) is 2.32. The van der Waals surface area contributed by atoms with Gasteiger partial charge in [0.05, 0.1) is 6.42 Å². The van der Waals surface area contributed by atoms with E-state index in [1.165, 1.54) is 5.56 Å². The minimum absolute atomic E-state index is 0.0518. The first-order valence-electron chi connectivity index (χ1n) is 5.89. The van der Waals surface area contributed by atoms with Crippen molar-refractivity contribution < 1.29 is 9.90 Å². The highest BCUT2D eigenvalue weighted by Gasteiger charge is 2.06. The number of carboxylic acids is 1. The predicted molar refractivity (Wildman–Crippen MR) is 77.0 cm³/mol. The van der Waals surface area contributed by atoms with Crippen LogP contribution in [0, 0.1) is 6.92 Å². The van der Waals surface area contributed by atoms with Crippen LogP contribution in [-0.4, -0.2) is 22.7 Å². The van der Waals surface area contributed by atoms with E-state index in [1.54, 1.807) is 0 Å². The molecule has 1 aromatic rings. The monoisotopic (exact) mass is 266 g/mol. The van der Waals surface area contributed by atoms with Gasteiger partial charge in [-0.25, -0.2) is 0 Å². The molecule has 0 saturated heterocycles. The van der Waals surface area contributed by atoms with Crippen molar-refractivity contribution in [2.75, 3.05) is 11.9 Å². The zero-order valence-electron chi connectivity index (χ0n) is 10.6. The van der Waals surface area contributed by atoms with Crippen LogP contribution in [0.25, 0.3) is 0 Å². The number of hydrogen-bond acceptors (Lipinski definition) is 2. The van der Waals surface area contributed by atoms with Crippen molar-refractivity contribution in [3.63, 3.8) is 0 Å². The van der Waals surface area contributed by atoms with Gasteiger partial charge in [-0.2, -0.15) is 0 Å². The summed E-state index contributed by atoms with van der Waals surface area (Å²) in [6.45, 7) is 4.43. The molecule has 18 heavy (non-hydrogen) atoms. The lowest BCUT2D eigenvalue weighted by Gasteiger charge is -2.15. The molecule has 0 radical (unpaired) electrons. The summed E-state index contributed by atoms with van der Waals surface area (Å²) in [6, 6.07) is 6.08. The Kier molecular flexibility index (Phi) is 5.58. The Hall–Kier alpha value is -1.62. The molecule has 0 spiro atoms. The molecule has 0 amide bonds. The highest BCUT2D eigenvalue weighted by molar-refractivity contribution is 7.80. The molecule has 98 valence electrons. The summed E-state index contributed by atoms with van der Waals surface area (Å²) in [6.07, 6.45) is 0.970. The Morgan fingerprint density at radius 1 is 1.44 bits per heavy atom. The van der Waals surface area contributed by atoms with Crippen molar-refractivity contribution in [3.8, 4) is 0 Å². The van der Waals surface area contributed by atoms with Crippen LogP contribution in [-0.2, 0) is 11.2 Å². The van der Waals surface area contributed by atoms with Crippen molar-refractivity contribution in [3.05, 3.63) is 29.3 Å². The van der Waals surface area contributed by atoms with Crippen molar-refractivity contribution >= 4 is 29.0 Å². The number of carboxylic acid groups (broad SMARTS) is 1. The van der Waals surface area contributed by atoms with E-state index < -0.39 is 5.97 Å². The molecule has 0 fully saturated rings. The highest BCUT2D eigenvalue weighted by Crippen LogP contribution is 2.20. The Balaban J connectivity index is 2.61. The Labute approximate surface area is 112 Å². The fraction of sp³-hybridized carbons (Fsp3) is 0.385. The van der Waals surface area contributed by atoms with Crippen LogP contribution >= 0.6 is 12.2 Å². The topological polar surface area (TPSA) is 61.4 Å². The lowest BCUT2D eigenvalue weighted by molar-refractivity contribution is -0.136. The number of anilines is 1. The van der Waals surface area contributed by atoms with Gasteiger partial charge in [-0.15, -0.1) is 0 Å². The van der Waals surface area contributed by atoms with Crippen molar-refractivity contribution in [1.82, 2.24) is 5.32 Å². The van der Waals surface area contributed by atoms with Gasteiger partial charge in [-0.05, 0) is 36.7 Å². The molecule has 0 saturated carbocycles. The molecule has 5 heteroatoms. The number of benzene rings is 1. The third-order valence-electron chi connectivity index (χ3n) is 2.60. The Bertz CT molecular complexity index is 447. The van der Waals surface area contributed by atoms with Gasteiger partial charge in [0.25, 0.3) is 0 Å². The van der Waals surface area contributed by atoms with Crippen LogP contribution in [0.4, 0.5) is 5.69 Å². The fourth-order valence-electron chi connectivity index (χ4n) is 1.64. The minimum Gasteiger partial charge on any atom is -0.481 e. The van der Waals surface area contributed by atoms with Crippen molar-refractivity contribution in [1.29, 1.82) is 0 Å². The summed E-state index contributed by atoms with van der Waals surface area (Å²) in [7, 11) is 0. The molecule has 0 bridgehead atoms. The molecular formula is C13H18N2O2S. The Morgan fingerprint density at radius 2 is 2.17 bits per heavy atom. The van der Waals surface area contributed by atoms with Crippen LogP contribution in [0.5, 0.6) is 0 Å². The van der Waals surface area contributed by atoms with Gasteiger partial charge in [-0.1, -0.05) is 25.1 Å². The van der Waals surface area contributed by atoms with E-state index in [0.717, 1.165) is 17.7 Å². The van der Waals surface area contributed by atoms with Crippen LogP contribution in [0.3, 0.4) is 0 Å². The van der Waals surface area contributed by atoms with E-state index in [4.69, 9.17) is 17.3 Å². The van der Waals surface area contributed by atoms with Crippen LogP contribution in [0.1, 0.15) is 24.5 Å². The van der Waals surface area contributed by atoms with Gasteiger partial charge < -0.3 is 15.7 Å². The lowest BCUT2D eigenvalue weighted by Crippen LogP contribution is -2.30. The van der Waals surface area contributed by atoms with Gasteiger partial charge in [0.2, 0.25) is 0 Å². The van der Waals surface area contributed by atoms with Crippen molar-refractivity contribution in [2.45, 2.75) is 26.7 Å². The molecule has 4 nitrogen and oxygen atoms in total. The first kappa shape index (κ1) is 14.4. The number of para-hydroxylation sites is 1. The molecule has 0 atom stereocenters. The van der Waals surface area contributed by atoms with Gasteiger partial charge in [0, 0.05) is 12.2 Å². The van der Waals surface area contributed by atoms with E-state index in [0.29, 0.717) is 11.7 Å². The molecule has 0 aromatic heterocycles. The summed E-state index contributed by atoms with van der Waals surface area (Å²) in [5, 5.41) is 15.0. The summed E-state index contributed by atoms with van der Waals surface area (Å²) >= 11 is 5.14. The smallest absolute Gasteiger partial charge is 0.305 e. The number of aryl methyl sites for hydroxylation is 2. The van der Waals surface area contributed by atoms with E-state index in [2.05, 4.69) is 23.6 Å². The number of hydrogen-bond donors (Lipinski definition) is 3. The van der Waals surface area contributed by atoms with Gasteiger partial charge >= 0.3 is 5.97 Å². The number of thiocarbonyl (C=S) groups is 1. The number of nitrogens with one attached hydrogen (secondary N) is 2. The SMILES string of the molecule is CCc1cccc(C)c1NC(=S)NCCC(=O)O. The third kappa shape index (κ3) is 4.33. The maximum atomic E-state index is 10.4. The quantitative estimate of drug-likeness (QED) is 0.714. The zero-order chi connectivity index (χ0) is 13.5. The van der Waals surface area contributed by atoms with Crippen LogP contribution < -0.4 is 10.6 Å². The highest BCUT2D eigenvalue weighted by atomic mass is 32.1. The molecule has 0 heterocycles. The van der Waals surface area contributed by atoms with E-state index in [1.807, 2.05) is 19.1 Å². The van der Waals surface area contributed by atoms with E-state index in [9.17, 15) is 4.79 Å². The van der Waals surface area contributed by atoms with E-state index >= 15 is 0 Å². The van der Waals surface area contributed by atoms with Gasteiger partial charge in [-0.3, -0.25) is 4.79 Å². The average molecular weight is 266 g/mol. The second-order valence-corrected chi connectivity index (χ2v) is 4.40. The maximum Gasteiger partial charge on any atom is 0.305 e. The van der Waals surface area contributed by atoms with Crippen LogP contribution in [0.2, 0.25) is 0 Å². The summed E-state index contributed by atoms with van der Waals surface area (Å²) in [4.78, 5) is 10.4. The Morgan fingerprint density at radius 3 is 2.78 bits per heavy atom. The lowest BCUT2D eigenvalue weighted by atomic mass is 10.1. The van der Waals surface area contributed by atoms with Crippen molar-refractivity contribution in [2.24, 2.45) is 0 Å². The molecular weight excluding hydrogens is 248 g/mol. The zero-order valence-corrected chi connectivity index (χ0v) is 11.4. The molecule has 0 aliphatic heterocycles. The molecule has 1 aromatic carbocycles. The summed E-state index contributed by atoms with van der Waals surface area (Å²) < 4.78 is 0. The van der Waals surface area contributed by atoms with E-state index in [-0.39, 0.29) is 6.42 Å². The maximum absolute atomic E-state index is 10.4. The molecule has 0 aliphatic rings. The number of carbonyl (C=O) groups is 1. The van der Waals surface area contributed by atoms with Gasteiger partial charge in [0.1, 0.15) is 0 Å². The van der Waals surface area contributed by atoms with Gasteiger partial charge in [0.15, 0.2) is 5.11 Å².